The Bertz CT molecular complexity index is 831. The van der Waals surface area contributed by atoms with E-state index in [1.54, 1.807) is 5.32 Å². The molecule has 0 unspecified atom stereocenters. The highest BCUT2D eigenvalue weighted by molar-refractivity contribution is 7.91. The molecule has 0 spiro atoms. The Kier molecular flexibility index (Phi) is 7.78. The number of hydrogen-bond donors (Lipinski definition) is 2. The van der Waals surface area contributed by atoms with Crippen LogP contribution < -0.4 is 10.6 Å². The van der Waals surface area contributed by atoms with Gasteiger partial charge in [0.1, 0.15) is 6.54 Å². The minimum atomic E-state index is -4.64. The number of rotatable bonds is 7. The molecule has 1 aliphatic rings. The van der Waals surface area contributed by atoms with Crippen molar-refractivity contribution >= 4 is 15.7 Å². The van der Waals surface area contributed by atoms with Gasteiger partial charge in [0.2, 0.25) is 5.91 Å². The molecule has 1 aliphatic carbocycles. The second kappa shape index (κ2) is 9.54. The van der Waals surface area contributed by atoms with Crippen molar-refractivity contribution in [2.24, 2.45) is 5.92 Å². The van der Waals surface area contributed by atoms with Crippen LogP contribution in [0.1, 0.15) is 31.2 Å². The Balaban J connectivity index is 1.82. The van der Waals surface area contributed by atoms with E-state index in [1.807, 2.05) is 0 Å². The van der Waals surface area contributed by atoms with Crippen LogP contribution in [0.3, 0.4) is 0 Å². The number of halogens is 6. The molecule has 0 aliphatic heterocycles. The van der Waals surface area contributed by atoms with Crippen LogP contribution in [-0.2, 0) is 20.8 Å². The van der Waals surface area contributed by atoms with E-state index in [9.17, 15) is 39.6 Å². The van der Waals surface area contributed by atoms with Crippen molar-refractivity contribution in [3.8, 4) is 0 Å². The zero-order valence-corrected chi connectivity index (χ0v) is 16.6. The van der Waals surface area contributed by atoms with E-state index >= 15 is 0 Å². The van der Waals surface area contributed by atoms with Gasteiger partial charge in [-0.3, -0.25) is 4.79 Å². The highest BCUT2D eigenvalue weighted by Crippen LogP contribution is 2.32. The summed E-state index contributed by atoms with van der Waals surface area (Å²) >= 11 is 0. The van der Waals surface area contributed by atoms with Crippen molar-refractivity contribution in [3.63, 3.8) is 0 Å². The van der Waals surface area contributed by atoms with Gasteiger partial charge < -0.3 is 10.6 Å². The first-order valence-electron chi connectivity index (χ1n) is 9.23. The second-order valence-corrected chi connectivity index (χ2v) is 9.33. The lowest BCUT2D eigenvalue weighted by molar-refractivity contribution is -0.138. The molecule has 2 rings (SSSR count). The molecule has 12 heteroatoms. The predicted molar refractivity (Wildman–Crippen MR) is 96.3 cm³/mol. The highest BCUT2D eigenvalue weighted by Gasteiger charge is 2.33. The van der Waals surface area contributed by atoms with Crippen molar-refractivity contribution in [1.29, 1.82) is 0 Å². The van der Waals surface area contributed by atoms with E-state index < -0.39 is 40.2 Å². The largest absolute Gasteiger partial charge is 0.416 e. The van der Waals surface area contributed by atoms with Crippen LogP contribution in [0.2, 0.25) is 0 Å². The molecule has 5 nitrogen and oxygen atoms in total. The minimum Gasteiger partial charge on any atom is -0.346 e. The second-order valence-electron chi connectivity index (χ2n) is 7.30. The van der Waals surface area contributed by atoms with E-state index in [0.717, 1.165) is 18.2 Å². The summed E-state index contributed by atoms with van der Waals surface area (Å²) in [4.78, 5) is 11.0. The third kappa shape index (κ3) is 7.78. The molecule has 1 fully saturated rings. The normalized spacial score (nSPS) is 20.7. The summed E-state index contributed by atoms with van der Waals surface area (Å²) in [6.45, 7) is -1.69. The number of carbonyl (C=O) groups is 1. The van der Waals surface area contributed by atoms with E-state index in [0.29, 0.717) is 31.7 Å². The zero-order chi connectivity index (χ0) is 22.6. The average Bonchev–Trinajstić information content (AvgIpc) is 2.64. The lowest BCUT2D eigenvalue weighted by Crippen LogP contribution is -2.43. The molecule has 30 heavy (non-hydrogen) atoms. The van der Waals surface area contributed by atoms with Crippen LogP contribution in [0, 0.1) is 5.92 Å². The number of hydrogen-bond acceptors (Lipinski definition) is 4. The smallest absolute Gasteiger partial charge is 0.346 e. The highest BCUT2D eigenvalue weighted by atomic mass is 32.2. The molecule has 0 bridgehead atoms. The Morgan fingerprint density at radius 1 is 1.03 bits per heavy atom. The van der Waals surface area contributed by atoms with Gasteiger partial charge in [-0.05, 0) is 49.8 Å². The summed E-state index contributed by atoms with van der Waals surface area (Å²) in [5.74, 6) is -1.32. The van der Waals surface area contributed by atoms with Crippen LogP contribution in [0.15, 0.2) is 29.2 Å². The lowest BCUT2D eigenvalue weighted by atomic mass is 9.87. The predicted octanol–water partition coefficient (Wildman–Crippen LogP) is 3.31. The minimum absolute atomic E-state index is 0.144. The van der Waals surface area contributed by atoms with Gasteiger partial charge in [-0.25, -0.2) is 8.42 Å². The summed E-state index contributed by atoms with van der Waals surface area (Å²) in [7, 11) is -3.90. The molecule has 2 N–H and O–H groups in total. The van der Waals surface area contributed by atoms with Gasteiger partial charge in [-0.1, -0.05) is 6.07 Å². The molecular weight excluding hydrogens is 438 g/mol. The molecule has 1 amide bonds. The van der Waals surface area contributed by atoms with Crippen LogP contribution in [0.5, 0.6) is 0 Å². The first kappa shape index (κ1) is 24.4. The molecule has 0 saturated heterocycles. The molecule has 1 aromatic carbocycles. The molecule has 170 valence electrons. The fourth-order valence-electron chi connectivity index (χ4n) is 3.30. The monoisotopic (exact) mass is 460 g/mol. The summed E-state index contributed by atoms with van der Waals surface area (Å²) in [6.07, 6.45) is -7.16. The van der Waals surface area contributed by atoms with Crippen LogP contribution in [0.4, 0.5) is 26.3 Å². The molecule has 0 radical (unpaired) electrons. The van der Waals surface area contributed by atoms with Crippen molar-refractivity contribution < 1.29 is 39.6 Å². The standard InChI is InChI=1S/C18H22F6N2O3S/c19-17(20,21)11-26-16(27)9-25-14-6-4-12(5-7-14)10-30(28,29)15-3-1-2-13(8-15)18(22,23)24/h1-3,8,12,14,25H,4-7,9-11H2,(H,26,27)/t12-,14-. The van der Waals surface area contributed by atoms with Gasteiger partial charge in [-0.2, -0.15) is 26.3 Å². The number of sulfone groups is 1. The first-order valence-corrected chi connectivity index (χ1v) is 10.9. The van der Waals surface area contributed by atoms with Gasteiger partial charge in [0.25, 0.3) is 0 Å². The molecular formula is C18H22F6N2O3S. The number of nitrogens with one attached hydrogen (secondary N) is 2. The number of amides is 1. The Labute approximate surface area is 170 Å². The van der Waals surface area contributed by atoms with Gasteiger partial charge in [-0.15, -0.1) is 0 Å². The number of carbonyl (C=O) groups excluding carboxylic acids is 1. The number of alkyl halides is 6. The van der Waals surface area contributed by atoms with Crippen molar-refractivity contribution in [1.82, 2.24) is 10.6 Å². The SMILES string of the molecule is O=C(CN[C@H]1CC[C@H](CS(=O)(=O)c2cccc(C(F)(F)F)c2)CC1)NCC(F)(F)F. The molecule has 0 atom stereocenters. The van der Waals surface area contributed by atoms with Crippen LogP contribution in [-0.4, -0.2) is 45.4 Å². The van der Waals surface area contributed by atoms with E-state index in [1.165, 1.54) is 0 Å². The molecule has 0 aromatic heterocycles. The van der Waals surface area contributed by atoms with Gasteiger partial charge in [0, 0.05) is 6.04 Å². The summed E-state index contributed by atoms with van der Waals surface area (Å²) in [5, 5.41) is 4.59. The summed E-state index contributed by atoms with van der Waals surface area (Å²) in [6, 6.07) is 3.48. The maximum Gasteiger partial charge on any atom is 0.416 e. The Morgan fingerprint density at radius 2 is 1.67 bits per heavy atom. The van der Waals surface area contributed by atoms with Crippen LogP contribution in [0.25, 0.3) is 0 Å². The Morgan fingerprint density at radius 3 is 2.23 bits per heavy atom. The zero-order valence-electron chi connectivity index (χ0n) is 15.8. The molecule has 0 heterocycles. The maximum absolute atomic E-state index is 12.8. The summed E-state index contributed by atoms with van der Waals surface area (Å²) < 4.78 is 99.6. The van der Waals surface area contributed by atoms with Crippen molar-refractivity contribution in [3.05, 3.63) is 29.8 Å². The van der Waals surface area contributed by atoms with E-state index in [4.69, 9.17) is 0 Å². The summed E-state index contributed by atoms with van der Waals surface area (Å²) in [5.41, 5.74) is -1.03. The van der Waals surface area contributed by atoms with Crippen molar-refractivity contribution in [2.75, 3.05) is 18.8 Å². The quantitative estimate of drug-likeness (QED) is 0.613. The molecule has 1 aromatic rings. The molecule has 1 saturated carbocycles. The first-order chi connectivity index (χ1) is 13.8. The fraction of sp³-hybridized carbons (Fsp3) is 0.611. The fourth-order valence-corrected chi connectivity index (χ4v) is 5.04. The Hall–Kier alpha value is -1.82. The maximum atomic E-state index is 12.8. The van der Waals surface area contributed by atoms with Crippen LogP contribution >= 0.6 is 0 Å². The van der Waals surface area contributed by atoms with Gasteiger partial charge in [0.15, 0.2) is 9.84 Å². The number of benzene rings is 1. The average molecular weight is 460 g/mol. The van der Waals surface area contributed by atoms with Gasteiger partial charge >= 0.3 is 12.4 Å². The third-order valence-corrected chi connectivity index (χ3v) is 6.74. The topological polar surface area (TPSA) is 75.3 Å². The lowest BCUT2D eigenvalue weighted by Gasteiger charge is -2.29. The van der Waals surface area contributed by atoms with Crippen molar-refractivity contribution in [2.45, 2.75) is 49.0 Å². The third-order valence-electron chi connectivity index (χ3n) is 4.86. The van der Waals surface area contributed by atoms with E-state index in [-0.39, 0.29) is 29.2 Å². The van der Waals surface area contributed by atoms with E-state index in [2.05, 4.69) is 5.32 Å². The van der Waals surface area contributed by atoms with Gasteiger partial charge in [0.05, 0.1) is 22.8 Å².